The molecule has 0 bridgehead atoms. The summed E-state index contributed by atoms with van der Waals surface area (Å²) in [6.45, 7) is 3.53. The number of thiocarbonyl (C=S) groups is 1. The first kappa shape index (κ1) is 33.6. The zero-order valence-electron chi connectivity index (χ0n) is 24.0. The van der Waals surface area contributed by atoms with E-state index in [-0.39, 0.29) is 25.5 Å². The van der Waals surface area contributed by atoms with Crippen LogP contribution in [0.25, 0.3) is 0 Å². The maximum absolute atomic E-state index is 12.7. The minimum atomic E-state index is -0.645. The summed E-state index contributed by atoms with van der Waals surface area (Å²) in [7, 11) is 0. The molecule has 1 heterocycles. The number of halogens is 2. The van der Waals surface area contributed by atoms with Gasteiger partial charge in [0.25, 0.3) is 11.6 Å². The van der Waals surface area contributed by atoms with Gasteiger partial charge in [-0.25, -0.2) is 10.2 Å². The molecule has 0 unspecified atom stereocenters. The van der Waals surface area contributed by atoms with Crippen molar-refractivity contribution >= 4 is 73.0 Å². The van der Waals surface area contributed by atoms with Crippen molar-refractivity contribution in [2.24, 2.45) is 5.10 Å². The molecule has 3 N–H and O–H groups in total. The molecule has 0 spiro atoms. The fourth-order valence-electron chi connectivity index (χ4n) is 4.27. The zero-order valence-corrected chi connectivity index (χ0v) is 28.0. The van der Waals surface area contributed by atoms with E-state index in [1.54, 1.807) is 62.4 Å². The highest BCUT2D eigenvalue weighted by Gasteiger charge is 2.32. The van der Waals surface area contributed by atoms with Crippen molar-refractivity contribution < 1.29 is 28.7 Å². The van der Waals surface area contributed by atoms with Crippen LogP contribution in [0.5, 0.6) is 11.5 Å². The maximum Gasteiger partial charge on any atom is 0.338 e. The van der Waals surface area contributed by atoms with Crippen molar-refractivity contribution in [2.45, 2.75) is 26.5 Å². The second kappa shape index (κ2) is 15.6. The van der Waals surface area contributed by atoms with Gasteiger partial charge in [-0.15, -0.1) is 0 Å². The molecule has 0 aliphatic carbocycles. The number of carbonyl (C=O) groups is 2. The first-order chi connectivity index (χ1) is 21.6. The van der Waals surface area contributed by atoms with E-state index in [9.17, 15) is 19.7 Å². The number of ether oxygens (including phenoxy) is 3. The van der Waals surface area contributed by atoms with Crippen molar-refractivity contribution in [3.63, 3.8) is 0 Å². The Kier molecular flexibility index (Phi) is 11.6. The summed E-state index contributed by atoms with van der Waals surface area (Å²) >= 11 is 12.3. The number of rotatable bonds is 12. The number of allylic oxidation sites excluding steroid dienone is 1. The van der Waals surface area contributed by atoms with E-state index in [0.29, 0.717) is 48.0 Å². The molecule has 234 valence electrons. The number of hydrazone groups is 1. The Morgan fingerprint density at radius 2 is 1.80 bits per heavy atom. The molecule has 1 aliphatic heterocycles. The van der Waals surface area contributed by atoms with Gasteiger partial charge < -0.3 is 24.8 Å². The number of para-hydroxylation sites is 1. The third-order valence-corrected chi connectivity index (χ3v) is 7.71. The number of amides is 1. The van der Waals surface area contributed by atoms with E-state index in [1.165, 1.54) is 18.3 Å². The largest absolute Gasteiger partial charge is 0.487 e. The van der Waals surface area contributed by atoms with Crippen LogP contribution in [0.1, 0.15) is 36.6 Å². The number of benzene rings is 3. The van der Waals surface area contributed by atoms with Gasteiger partial charge in [0.2, 0.25) is 0 Å². The molecule has 3 aromatic carbocycles. The Labute approximate surface area is 280 Å². The lowest BCUT2D eigenvalue weighted by atomic mass is 9.95. The topological polar surface area (TPSA) is 153 Å². The SMILES string of the molecule is CCOC(=O)C1=C(C)NC(=S)N[C@H]1c1ccccc1OCC(=O)NN=Cc1cc(Br)c(OCc2ccc([N+](=O)[O-])cc2)c(Br)c1. The average molecular weight is 761 g/mol. The first-order valence-corrected chi connectivity index (χ1v) is 15.4. The Hall–Kier alpha value is -4.34. The van der Waals surface area contributed by atoms with Gasteiger partial charge in [0.1, 0.15) is 18.1 Å². The van der Waals surface area contributed by atoms with Crippen LogP contribution in [0.4, 0.5) is 5.69 Å². The van der Waals surface area contributed by atoms with Crippen LogP contribution in [-0.4, -0.2) is 41.3 Å². The Bertz CT molecular complexity index is 1660. The molecule has 1 amide bonds. The molecule has 0 radical (unpaired) electrons. The lowest BCUT2D eigenvalue weighted by Gasteiger charge is -2.30. The Balaban J connectivity index is 1.36. The van der Waals surface area contributed by atoms with Gasteiger partial charge in [-0.2, -0.15) is 5.10 Å². The molecule has 0 fully saturated rings. The summed E-state index contributed by atoms with van der Waals surface area (Å²) in [6.07, 6.45) is 1.46. The summed E-state index contributed by atoms with van der Waals surface area (Å²) in [5.74, 6) is -0.0903. The van der Waals surface area contributed by atoms with Crippen molar-refractivity contribution in [1.29, 1.82) is 0 Å². The molecule has 1 aliphatic rings. The fourth-order valence-corrected chi connectivity index (χ4v) is 5.99. The van der Waals surface area contributed by atoms with E-state index in [2.05, 4.69) is 53.0 Å². The second-order valence-corrected chi connectivity index (χ2v) is 11.6. The van der Waals surface area contributed by atoms with Crippen LogP contribution in [0.2, 0.25) is 0 Å². The molecule has 12 nitrogen and oxygen atoms in total. The van der Waals surface area contributed by atoms with Gasteiger partial charge in [0.15, 0.2) is 11.7 Å². The number of carbonyl (C=O) groups excluding carboxylic acids is 2. The molecule has 15 heteroatoms. The highest BCUT2D eigenvalue weighted by Crippen LogP contribution is 2.35. The second-order valence-electron chi connectivity index (χ2n) is 9.44. The minimum absolute atomic E-state index is 0.00462. The standard InChI is InChI=1S/C30H27Br2N5O7S/c1-3-42-29(39)26-17(2)34-30(45)35-27(26)21-6-4-5-7-24(21)43-16-25(38)36-33-14-19-12-22(31)28(23(32)13-19)44-15-18-8-10-20(11-9-18)37(40)41/h4-14,27H,3,15-16H2,1-2H3,(H,36,38)(H2,34,35,45)/t27-/m0/s1. The summed E-state index contributed by atoms with van der Waals surface area (Å²) in [5.41, 5.74) is 5.38. The number of nitrogens with zero attached hydrogens (tertiary/aromatic N) is 2. The van der Waals surface area contributed by atoms with Gasteiger partial charge in [0.05, 0.1) is 38.3 Å². The summed E-state index contributed by atoms with van der Waals surface area (Å²) in [6, 6.07) is 16.0. The molecule has 45 heavy (non-hydrogen) atoms. The monoisotopic (exact) mass is 759 g/mol. The molecular weight excluding hydrogens is 734 g/mol. The molecular formula is C30H27Br2N5O7S. The van der Waals surface area contributed by atoms with Gasteiger partial charge in [-0.1, -0.05) is 18.2 Å². The van der Waals surface area contributed by atoms with Gasteiger partial charge in [0, 0.05) is 23.4 Å². The smallest absolute Gasteiger partial charge is 0.338 e. The Morgan fingerprint density at radius 1 is 1.11 bits per heavy atom. The van der Waals surface area contributed by atoms with E-state index in [1.807, 2.05) is 0 Å². The van der Waals surface area contributed by atoms with Crippen molar-refractivity contribution in [1.82, 2.24) is 16.1 Å². The predicted molar refractivity (Wildman–Crippen MR) is 178 cm³/mol. The Morgan fingerprint density at radius 3 is 2.47 bits per heavy atom. The third-order valence-electron chi connectivity index (χ3n) is 6.31. The number of esters is 1. The molecule has 0 saturated heterocycles. The molecule has 1 atom stereocenters. The number of nitrogens with one attached hydrogen (secondary N) is 3. The van der Waals surface area contributed by atoms with Gasteiger partial charge in [-0.05, 0) is 99.4 Å². The zero-order chi connectivity index (χ0) is 32.5. The number of non-ortho nitro benzene ring substituents is 1. The predicted octanol–water partition coefficient (Wildman–Crippen LogP) is 5.58. The number of nitro benzene ring substituents is 1. The quantitative estimate of drug-likeness (QED) is 0.0701. The van der Waals surface area contributed by atoms with Crippen LogP contribution in [-0.2, 0) is 20.9 Å². The van der Waals surface area contributed by atoms with E-state index < -0.39 is 22.8 Å². The van der Waals surface area contributed by atoms with E-state index in [0.717, 1.165) is 5.56 Å². The summed E-state index contributed by atoms with van der Waals surface area (Å²) in [4.78, 5) is 35.7. The number of nitro groups is 1. The molecule has 0 aromatic heterocycles. The van der Waals surface area contributed by atoms with Crippen molar-refractivity contribution in [3.05, 3.63) is 108 Å². The fraction of sp³-hybridized carbons (Fsp3) is 0.200. The highest BCUT2D eigenvalue weighted by atomic mass is 79.9. The normalized spacial score (nSPS) is 14.4. The molecule has 3 aromatic rings. The summed E-state index contributed by atoms with van der Waals surface area (Å²) in [5, 5.41) is 21.2. The number of hydrogen-bond acceptors (Lipinski definition) is 9. The minimum Gasteiger partial charge on any atom is -0.487 e. The van der Waals surface area contributed by atoms with Crippen LogP contribution >= 0.6 is 44.1 Å². The van der Waals surface area contributed by atoms with Crippen LogP contribution in [0.3, 0.4) is 0 Å². The first-order valence-electron chi connectivity index (χ1n) is 13.4. The van der Waals surface area contributed by atoms with Crippen LogP contribution in [0.15, 0.2) is 86.0 Å². The van der Waals surface area contributed by atoms with E-state index in [4.69, 9.17) is 26.4 Å². The molecule has 0 saturated carbocycles. The maximum atomic E-state index is 12.7. The third kappa shape index (κ3) is 8.86. The highest BCUT2D eigenvalue weighted by molar-refractivity contribution is 9.11. The molecule has 4 rings (SSSR count). The van der Waals surface area contributed by atoms with Gasteiger partial charge >= 0.3 is 5.97 Å². The van der Waals surface area contributed by atoms with Crippen molar-refractivity contribution in [2.75, 3.05) is 13.2 Å². The van der Waals surface area contributed by atoms with Crippen LogP contribution < -0.4 is 25.5 Å². The number of hydrogen-bond donors (Lipinski definition) is 3. The lowest BCUT2D eigenvalue weighted by molar-refractivity contribution is -0.384. The van der Waals surface area contributed by atoms with E-state index >= 15 is 0 Å². The van der Waals surface area contributed by atoms with Gasteiger partial charge in [-0.3, -0.25) is 14.9 Å². The van der Waals surface area contributed by atoms with Crippen molar-refractivity contribution in [3.8, 4) is 11.5 Å². The summed E-state index contributed by atoms with van der Waals surface area (Å²) < 4.78 is 18.2. The van der Waals surface area contributed by atoms with Crippen LogP contribution in [0, 0.1) is 10.1 Å². The lowest BCUT2D eigenvalue weighted by Crippen LogP contribution is -2.45. The average Bonchev–Trinajstić information content (AvgIpc) is 2.99.